The van der Waals surface area contributed by atoms with Crippen molar-refractivity contribution in [1.29, 1.82) is 5.26 Å². The van der Waals surface area contributed by atoms with Gasteiger partial charge in [-0.05, 0) is 13.0 Å². The zero-order valence-electron chi connectivity index (χ0n) is 20.7. The predicted octanol–water partition coefficient (Wildman–Crippen LogP) is 3.71. The predicted molar refractivity (Wildman–Crippen MR) is 141 cm³/mol. The van der Waals surface area contributed by atoms with E-state index in [0.29, 0.717) is 35.9 Å². The molecule has 0 bridgehead atoms. The van der Waals surface area contributed by atoms with Gasteiger partial charge in [0.1, 0.15) is 17.3 Å². The minimum absolute atomic E-state index is 0.0317. The maximum absolute atomic E-state index is 14.4. The molecule has 37 heavy (non-hydrogen) atoms. The summed E-state index contributed by atoms with van der Waals surface area (Å²) in [5.41, 5.74) is 3.23. The van der Waals surface area contributed by atoms with Crippen LogP contribution in [0.1, 0.15) is 30.0 Å². The monoisotopic (exact) mass is 523 g/mol. The van der Waals surface area contributed by atoms with Crippen molar-refractivity contribution in [3.63, 3.8) is 0 Å². The Bertz CT molecular complexity index is 1460. The molecule has 1 aliphatic carbocycles. The zero-order valence-corrected chi connectivity index (χ0v) is 21.6. The van der Waals surface area contributed by atoms with Crippen molar-refractivity contribution in [2.24, 2.45) is 7.05 Å². The summed E-state index contributed by atoms with van der Waals surface area (Å²) in [6.45, 7) is 3.12. The van der Waals surface area contributed by atoms with E-state index in [2.05, 4.69) is 38.3 Å². The number of thiol groups is 1. The molecular weight excluding hydrogens is 496 g/mol. The number of allylic oxidation sites excluding steroid dienone is 5. The second-order valence-corrected chi connectivity index (χ2v) is 9.01. The van der Waals surface area contributed by atoms with Gasteiger partial charge in [0.05, 0.1) is 42.9 Å². The Balaban J connectivity index is 1.59. The van der Waals surface area contributed by atoms with Crippen LogP contribution in [-0.4, -0.2) is 42.5 Å². The van der Waals surface area contributed by atoms with E-state index in [1.54, 1.807) is 34.8 Å². The van der Waals surface area contributed by atoms with Crippen LogP contribution in [0, 0.1) is 11.3 Å². The van der Waals surface area contributed by atoms with Gasteiger partial charge in [-0.1, -0.05) is 6.08 Å². The molecule has 0 aromatic carbocycles. The third-order valence-corrected chi connectivity index (χ3v) is 6.23. The summed E-state index contributed by atoms with van der Waals surface area (Å²) in [5, 5.41) is 19.6. The Morgan fingerprint density at radius 1 is 1.30 bits per heavy atom. The fourth-order valence-corrected chi connectivity index (χ4v) is 4.06. The number of fused-ring (bicyclic) bond motifs is 1. The summed E-state index contributed by atoms with van der Waals surface area (Å²) in [6, 6.07) is 1.96. The van der Waals surface area contributed by atoms with Crippen LogP contribution in [-0.2, 0) is 26.6 Å². The molecule has 0 saturated carbocycles. The van der Waals surface area contributed by atoms with Gasteiger partial charge in [0.25, 0.3) is 0 Å². The van der Waals surface area contributed by atoms with Gasteiger partial charge in [-0.2, -0.15) is 10.4 Å². The third kappa shape index (κ3) is 5.73. The molecule has 9 nitrogen and oxygen atoms in total. The van der Waals surface area contributed by atoms with Crippen molar-refractivity contribution in [2.45, 2.75) is 26.4 Å². The molecule has 12 heteroatoms. The molecule has 0 radical (unpaired) electrons. The van der Waals surface area contributed by atoms with Gasteiger partial charge in [0.15, 0.2) is 11.7 Å². The highest BCUT2D eigenvalue weighted by Crippen LogP contribution is 2.29. The second-order valence-electron chi connectivity index (χ2n) is 8.44. The Hall–Kier alpha value is -3.95. The fraction of sp³-hybridized carbons (Fsp3) is 0.280. The number of nitriles is 1. The smallest absolute Gasteiger partial charge is 0.186 e. The first-order chi connectivity index (χ1) is 17.8. The van der Waals surface area contributed by atoms with E-state index in [4.69, 9.17) is 5.26 Å². The van der Waals surface area contributed by atoms with Crippen molar-refractivity contribution in [1.82, 2.24) is 39.5 Å². The number of hydrogen-bond donors (Lipinski definition) is 3. The van der Waals surface area contributed by atoms with Crippen molar-refractivity contribution in [3.8, 4) is 17.3 Å². The molecule has 0 fully saturated rings. The minimum atomic E-state index is -0.948. The molecule has 0 aliphatic heterocycles. The first-order valence-electron chi connectivity index (χ1n) is 11.5. The maximum atomic E-state index is 14.4. The highest BCUT2D eigenvalue weighted by molar-refractivity contribution is 7.84. The molecule has 3 aromatic heterocycles. The van der Waals surface area contributed by atoms with Crippen LogP contribution in [0.15, 0.2) is 53.2 Å². The number of hydrogen-bond acceptors (Lipinski definition) is 7. The Morgan fingerprint density at radius 3 is 2.86 bits per heavy atom. The van der Waals surface area contributed by atoms with E-state index in [9.17, 15) is 8.78 Å². The van der Waals surface area contributed by atoms with E-state index in [1.807, 2.05) is 37.0 Å². The van der Waals surface area contributed by atoms with Crippen molar-refractivity contribution >= 4 is 24.7 Å². The van der Waals surface area contributed by atoms with Crippen molar-refractivity contribution in [2.75, 3.05) is 13.6 Å². The highest BCUT2D eigenvalue weighted by Gasteiger charge is 2.22. The molecular formula is C25H27F2N9S. The lowest BCUT2D eigenvalue weighted by Gasteiger charge is -2.09. The number of nitrogens with zero attached hydrogens (tertiary/aromatic N) is 7. The lowest BCUT2D eigenvalue weighted by molar-refractivity contribution is 0.621. The van der Waals surface area contributed by atoms with Gasteiger partial charge in [-0.3, -0.25) is 4.68 Å². The first kappa shape index (κ1) is 26.1. The number of rotatable bonds is 9. The highest BCUT2D eigenvalue weighted by atomic mass is 32.1. The van der Waals surface area contributed by atoms with Crippen molar-refractivity contribution < 1.29 is 8.78 Å². The zero-order chi connectivity index (χ0) is 26.5. The van der Waals surface area contributed by atoms with Crippen LogP contribution in [0.2, 0.25) is 0 Å². The van der Waals surface area contributed by atoms with Gasteiger partial charge >= 0.3 is 0 Å². The molecule has 0 amide bonds. The Kier molecular flexibility index (Phi) is 8.05. The van der Waals surface area contributed by atoms with Gasteiger partial charge in [-0.25, -0.2) is 18.7 Å². The quantitative estimate of drug-likeness (QED) is 0.292. The molecule has 1 aliphatic rings. The largest absolute Gasteiger partial charge is 0.390 e. The molecule has 0 saturated heterocycles. The van der Waals surface area contributed by atoms with E-state index in [1.165, 1.54) is 6.08 Å². The minimum Gasteiger partial charge on any atom is -0.390 e. The van der Waals surface area contributed by atoms with Crippen molar-refractivity contribution in [3.05, 3.63) is 76.3 Å². The topological polar surface area (TPSA) is 101 Å². The average molecular weight is 524 g/mol. The van der Waals surface area contributed by atoms with Gasteiger partial charge in [0.2, 0.25) is 0 Å². The number of nitrogens with one attached hydrogen (secondary N) is 2. The van der Waals surface area contributed by atoms with Crippen LogP contribution in [0.4, 0.5) is 8.78 Å². The SMILES string of the molecule is CN/C(C)=C\n1c(-c2cnn(Cc3nc4c(n3C)CC=CC(F)=C4F)c2)cnc1CNC/C(S)=C/C#N. The van der Waals surface area contributed by atoms with E-state index < -0.39 is 11.7 Å². The van der Waals surface area contributed by atoms with Gasteiger partial charge in [0, 0.05) is 61.7 Å². The standard InChI is InChI=1S/C25H27F2N9S/c1-16(29-2)13-36-21(11-31-22(36)12-30-10-18(37)7-8-28)17-9-32-35(14-17)15-23-33-25-20(34(23)3)6-4-5-19(26)24(25)27/h4-5,7,9,11,13-14,29-30,37H,6,10,12,15H2,1-3H3/b16-13-,18-7-. The van der Waals surface area contributed by atoms with Crippen LogP contribution < -0.4 is 10.6 Å². The first-order valence-corrected chi connectivity index (χ1v) is 12.0. The van der Waals surface area contributed by atoms with Crippen LogP contribution in [0.3, 0.4) is 0 Å². The normalized spacial score (nSPS) is 14.1. The fourth-order valence-electron chi connectivity index (χ4n) is 3.90. The van der Waals surface area contributed by atoms with E-state index in [0.717, 1.165) is 28.9 Å². The molecule has 0 unspecified atom stereocenters. The van der Waals surface area contributed by atoms with Gasteiger partial charge < -0.3 is 19.8 Å². The molecule has 4 rings (SSSR count). The summed E-state index contributed by atoms with van der Waals surface area (Å²) in [6.07, 6.45) is 11.8. The Labute approximate surface area is 218 Å². The van der Waals surface area contributed by atoms with Gasteiger partial charge in [-0.15, -0.1) is 12.6 Å². The van der Waals surface area contributed by atoms with Crippen LogP contribution in [0.25, 0.3) is 23.3 Å². The molecule has 0 atom stereocenters. The number of imidazole rings is 2. The lowest BCUT2D eigenvalue weighted by atomic mass is 10.2. The third-order valence-electron chi connectivity index (χ3n) is 5.94. The summed E-state index contributed by atoms with van der Waals surface area (Å²) in [5.74, 6) is -0.535. The summed E-state index contributed by atoms with van der Waals surface area (Å²) in [4.78, 5) is 9.57. The van der Waals surface area contributed by atoms with Crippen LogP contribution >= 0.6 is 12.6 Å². The summed E-state index contributed by atoms with van der Waals surface area (Å²) >= 11 is 4.27. The molecule has 3 aromatic rings. The maximum Gasteiger partial charge on any atom is 0.186 e. The van der Waals surface area contributed by atoms with E-state index >= 15 is 0 Å². The molecule has 2 N–H and O–H groups in total. The molecule has 3 heterocycles. The molecule has 192 valence electrons. The molecule has 0 spiro atoms. The summed E-state index contributed by atoms with van der Waals surface area (Å²) in [7, 11) is 3.63. The number of halogens is 2. The second kappa shape index (κ2) is 11.4. The van der Waals surface area contributed by atoms with Crippen LogP contribution in [0.5, 0.6) is 0 Å². The summed E-state index contributed by atoms with van der Waals surface area (Å²) < 4.78 is 33.8. The average Bonchev–Trinajstić information content (AvgIpc) is 3.55. The van der Waals surface area contributed by atoms with E-state index in [-0.39, 0.29) is 12.2 Å². The number of aromatic nitrogens is 6. The lowest BCUT2D eigenvalue weighted by Crippen LogP contribution is -2.18. The Morgan fingerprint density at radius 2 is 2.11 bits per heavy atom.